The Morgan fingerprint density at radius 1 is 1.12 bits per heavy atom. The molecule has 0 spiro atoms. The number of hydrogen-bond acceptors (Lipinski definition) is 7. The number of nitrogens with two attached hydrogens (primary N) is 1. The molecule has 0 radical (unpaired) electrons. The Labute approximate surface area is 184 Å². The lowest BCUT2D eigenvalue weighted by Crippen LogP contribution is -2.30. The van der Waals surface area contributed by atoms with Gasteiger partial charge in [0.25, 0.3) is 0 Å². The Morgan fingerprint density at radius 2 is 1.91 bits per heavy atom. The third-order valence-corrected chi connectivity index (χ3v) is 5.64. The number of carbonyl (C=O) groups is 1. The van der Waals surface area contributed by atoms with E-state index in [9.17, 15) is 9.90 Å². The van der Waals surface area contributed by atoms with Crippen molar-refractivity contribution in [1.29, 1.82) is 0 Å². The summed E-state index contributed by atoms with van der Waals surface area (Å²) in [7, 11) is 0. The van der Waals surface area contributed by atoms with Crippen molar-refractivity contribution >= 4 is 28.4 Å². The number of primary amides is 1. The molecule has 5 rings (SSSR count). The van der Waals surface area contributed by atoms with Crippen molar-refractivity contribution in [1.82, 2.24) is 25.1 Å². The fraction of sp³-hybridized carbons (Fsp3) is 0.217. The molecule has 0 saturated carbocycles. The summed E-state index contributed by atoms with van der Waals surface area (Å²) in [5.74, 6) is 0.755. The predicted octanol–water partition coefficient (Wildman–Crippen LogP) is 2.97. The molecule has 162 valence electrons. The molecule has 1 amide bonds. The van der Waals surface area contributed by atoms with Gasteiger partial charge in [0.05, 0.1) is 17.6 Å². The van der Waals surface area contributed by atoms with E-state index in [1.165, 1.54) is 0 Å². The quantitative estimate of drug-likeness (QED) is 0.384. The number of phenols is 1. The molecular weight excluding hydrogens is 406 g/mol. The number of anilines is 2. The van der Waals surface area contributed by atoms with Gasteiger partial charge in [0.1, 0.15) is 11.6 Å². The van der Waals surface area contributed by atoms with Crippen LogP contribution in [0.2, 0.25) is 0 Å². The first-order valence-electron chi connectivity index (χ1n) is 10.5. The van der Waals surface area contributed by atoms with Gasteiger partial charge in [-0.15, -0.1) is 0 Å². The van der Waals surface area contributed by atoms with Crippen LogP contribution in [0.5, 0.6) is 5.75 Å². The van der Waals surface area contributed by atoms with Crippen molar-refractivity contribution in [2.24, 2.45) is 5.73 Å². The second kappa shape index (κ2) is 8.27. The van der Waals surface area contributed by atoms with Gasteiger partial charge >= 0.3 is 0 Å². The van der Waals surface area contributed by atoms with Crippen molar-refractivity contribution in [2.75, 3.05) is 18.4 Å². The monoisotopic (exact) mass is 429 g/mol. The number of phenolic OH excluding ortho intramolecular Hbond substituents is 1. The number of fused-ring (bicyclic) bond motifs is 1. The summed E-state index contributed by atoms with van der Waals surface area (Å²) in [5.41, 5.74) is 7.98. The van der Waals surface area contributed by atoms with Crippen LogP contribution < -0.4 is 16.4 Å². The molecule has 0 bridgehead atoms. The summed E-state index contributed by atoms with van der Waals surface area (Å²) in [6.45, 7) is 1.88. The number of nitrogens with one attached hydrogen (secondary N) is 2. The van der Waals surface area contributed by atoms with Gasteiger partial charge in [-0.1, -0.05) is 12.1 Å². The number of rotatable bonds is 5. The molecule has 0 unspecified atom stereocenters. The molecule has 2 aromatic heterocycles. The highest BCUT2D eigenvalue weighted by Crippen LogP contribution is 2.31. The molecule has 2 aromatic carbocycles. The third kappa shape index (κ3) is 3.85. The van der Waals surface area contributed by atoms with E-state index < -0.39 is 5.91 Å². The Balaban J connectivity index is 1.61. The molecule has 9 heteroatoms. The molecule has 3 heterocycles. The van der Waals surface area contributed by atoms with Gasteiger partial charge in [-0.3, -0.25) is 4.79 Å². The summed E-state index contributed by atoms with van der Waals surface area (Å²) in [6, 6.07) is 14.0. The van der Waals surface area contributed by atoms with Gasteiger partial charge in [-0.25, -0.2) is 14.6 Å². The molecule has 32 heavy (non-hydrogen) atoms. The van der Waals surface area contributed by atoms with Crippen LogP contribution in [0, 0.1) is 0 Å². The number of nitrogens with zero attached hydrogens (tertiary/aromatic N) is 4. The number of amides is 1. The van der Waals surface area contributed by atoms with E-state index in [-0.39, 0.29) is 11.8 Å². The van der Waals surface area contributed by atoms with Crippen molar-refractivity contribution in [2.45, 2.75) is 18.9 Å². The van der Waals surface area contributed by atoms with Gasteiger partial charge in [-0.2, -0.15) is 5.10 Å². The zero-order valence-corrected chi connectivity index (χ0v) is 17.3. The lowest BCUT2D eigenvalue weighted by atomic mass is 10.1. The Kier molecular flexibility index (Phi) is 5.16. The first-order valence-corrected chi connectivity index (χ1v) is 10.5. The fourth-order valence-electron chi connectivity index (χ4n) is 3.97. The maximum atomic E-state index is 11.4. The average molecular weight is 429 g/mol. The lowest BCUT2D eigenvalue weighted by Gasteiger charge is -2.23. The number of aromatic nitrogens is 4. The van der Waals surface area contributed by atoms with E-state index in [4.69, 9.17) is 15.7 Å². The summed E-state index contributed by atoms with van der Waals surface area (Å²) < 4.78 is 1.98. The smallest absolute Gasteiger partial charge is 0.248 e. The normalized spacial score (nSPS) is 14.5. The van der Waals surface area contributed by atoms with Crippen LogP contribution in [0.15, 0.2) is 54.7 Å². The number of hydrogen-bond donors (Lipinski definition) is 4. The van der Waals surface area contributed by atoms with E-state index in [1.807, 2.05) is 10.7 Å². The van der Waals surface area contributed by atoms with Crippen LogP contribution in [-0.4, -0.2) is 43.9 Å². The van der Waals surface area contributed by atoms with Crippen molar-refractivity contribution in [3.63, 3.8) is 0 Å². The summed E-state index contributed by atoms with van der Waals surface area (Å²) in [5, 5.41) is 22.1. The molecule has 1 aliphatic rings. The number of piperidine rings is 1. The summed E-state index contributed by atoms with van der Waals surface area (Å²) in [4.78, 5) is 20.9. The molecule has 4 aromatic rings. The van der Waals surface area contributed by atoms with Gasteiger partial charge in [0.2, 0.25) is 5.91 Å². The highest BCUT2D eigenvalue weighted by Gasteiger charge is 2.21. The van der Waals surface area contributed by atoms with Crippen LogP contribution in [-0.2, 0) is 0 Å². The van der Waals surface area contributed by atoms with Gasteiger partial charge in [0.15, 0.2) is 11.5 Å². The lowest BCUT2D eigenvalue weighted by molar-refractivity contribution is 0.100. The SMILES string of the molecule is NC(=O)c1ccc(Nc2nc(-c3cccc(O)c3)nc3c2cnn3C2CCNCC2)cc1. The molecule has 1 fully saturated rings. The molecular formula is C23H23N7O2. The molecule has 1 saturated heterocycles. The second-order valence-corrected chi connectivity index (χ2v) is 7.82. The summed E-state index contributed by atoms with van der Waals surface area (Å²) in [6.07, 6.45) is 3.73. The topological polar surface area (TPSA) is 131 Å². The van der Waals surface area contributed by atoms with Crippen molar-refractivity contribution < 1.29 is 9.90 Å². The van der Waals surface area contributed by atoms with E-state index in [2.05, 4.69) is 15.7 Å². The highest BCUT2D eigenvalue weighted by atomic mass is 16.3. The minimum absolute atomic E-state index is 0.148. The predicted molar refractivity (Wildman–Crippen MR) is 122 cm³/mol. The Bertz CT molecular complexity index is 1280. The van der Waals surface area contributed by atoms with E-state index in [0.717, 1.165) is 42.7 Å². The van der Waals surface area contributed by atoms with Crippen LogP contribution >= 0.6 is 0 Å². The van der Waals surface area contributed by atoms with E-state index in [1.54, 1.807) is 48.7 Å². The molecule has 0 aliphatic carbocycles. The zero-order valence-electron chi connectivity index (χ0n) is 17.3. The maximum Gasteiger partial charge on any atom is 0.248 e. The van der Waals surface area contributed by atoms with Crippen LogP contribution in [0.4, 0.5) is 11.5 Å². The highest BCUT2D eigenvalue weighted by molar-refractivity contribution is 5.94. The van der Waals surface area contributed by atoms with Crippen LogP contribution in [0.25, 0.3) is 22.4 Å². The second-order valence-electron chi connectivity index (χ2n) is 7.82. The van der Waals surface area contributed by atoms with Crippen LogP contribution in [0.3, 0.4) is 0 Å². The van der Waals surface area contributed by atoms with Crippen molar-refractivity contribution in [3.05, 3.63) is 60.3 Å². The Morgan fingerprint density at radius 3 is 2.62 bits per heavy atom. The molecule has 1 aliphatic heterocycles. The van der Waals surface area contributed by atoms with Gasteiger partial charge < -0.3 is 21.5 Å². The fourth-order valence-corrected chi connectivity index (χ4v) is 3.97. The minimum atomic E-state index is -0.476. The zero-order chi connectivity index (χ0) is 22.1. The largest absolute Gasteiger partial charge is 0.508 e. The van der Waals surface area contributed by atoms with Gasteiger partial charge in [0, 0.05) is 16.8 Å². The first-order chi connectivity index (χ1) is 15.6. The Hall–Kier alpha value is -3.98. The molecule has 5 N–H and O–H groups in total. The number of aromatic hydroxyl groups is 1. The minimum Gasteiger partial charge on any atom is -0.508 e. The van der Waals surface area contributed by atoms with E-state index >= 15 is 0 Å². The number of benzene rings is 2. The van der Waals surface area contributed by atoms with Crippen LogP contribution in [0.1, 0.15) is 29.2 Å². The standard InChI is InChI=1S/C23H23N7O2/c24-20(32)14-4-6-16(7-5-14)27-22-19-13-26-30(17-8-10-25-11-9-17)23(19)29-21(28-22)15-2-1-3-18(31)12-15/h1-7,12-13,17,25,31H,8-11H2,(H2,24,32)(H,27,28,29). The average Bonchev–Trinajstić information content (AvgIpc) is 3.24. The number of carbonyl (C=O) groups excluding carboxylic acids is 1. The third-order valence-electron chi connectivity index (χ3n) is 5.64. The molecule has 9 nitrogen and oxygen atoms in total. The first kappa shape index (κ1) is 20.0. The van der Waals surface area contributed by atoms with E-state index in [0.29, 0.717) is 22.8 Å². The summed E-state index contributed by atoms with van der Waals surface area (Å²) >= 11 is 0. The molecule has 0 atom stereocenters. The van der Waals surface area contributed by atoms with Crippen molar-refractivity contribution in [3.8, 4) is 17.1 Å². The maximum absolute atomic E-state index is 11.4. The van der Waals surface area contributed by atoms with Gasteiger partial charge in [-0.05, 0) is 62.3 Å².